The zero-order chi connectivity index (χ0) is 13.7. The summed E-state index contributed by atoms with van der Waals surface area (Å²) in [5.41, 5.74) is 0.651. The van der Waals surface area contributed by atoms with Crippen LogP contribution in [-0.2, 0) is 0 Å². The molecule has 1 amide bonds. The molecule has 0 atom stereocenters. The van der Waals surface area contributed by atoms with Crippen LogP contribution in [0, 0.1) is 17.7 Å². The van der Waals surface area contributed by atoms with Gasteiger partial charge in [0.1, 0.15) is 24.4 Å². The van der Waals surface area contributed by atoms with Crippen LogP contribution in [0.3, 0.4) is 0 Å². The van der Waals surface area contributed by atoms with E-state index in [4.69, 9.17) is 5.11 Å². The summed E-state index contributed by atoms with van der Waals surface area (Å²) in [5.74, 6) is 3.67. The molecule has 0 bridgehead atoms. The molecule has 0 aliphatic heterocycles. The van der Waals surface area contributed by atoms with E-state index in [1.807, 2.05) is 0 Å². The van der Waals surface area contributed by atoms with Crippen LogP contribution in [0.5, 0.6) is 0 Å². The maximum Gasteiger partial charge on any atom is 0.255 e. The fourth-order valence-corrected chi connectivity index (χ4v) is 1.36. The van der Waals surface area contributed by atoms with Crippen molar-refractivity contribution in [2.45, 2.75) is 0 Å². The number of halogens is 1. The smallest absolute Gasteiger partial charge is 0.255 e. The number of carbonyl (C=O) groups excluding carboxylic acids is 1. The summed E-state index contributed by atoms with van der Waals surface area (Å²) < 4.78 is 18.2. The van der Waals surface area contributed by atoms with Crippen LogP contribution >= 0.6 is 0 Å². The summed E-state index contributed by atoms with van der Waals surface area (Å²) in [5, 5.41) is 14.4. The van der Waals surface area contributed by atoms with Gasteiger partial charge in [-0.15, -0.1) is 0 Å². The first-order valence-corrected chi connectivity index (χ1v) is 5.30. The molecule has 1 aromatic carbocycles. The number of carbonyl (C=O) groups is 1. The third kappa shape index (κ3) is 3.18. The van der Waals surface area contributed by atoms with Gasteiger partial charge in [-0.05, 0) is 18.2 Å². The van der Waals surface area contributed by atoms with E-state index in [0.29, 0.717) is 5.69 Å². The first-order chi connectivity index (χ1) is 9.20. The molecule has 1 aromatic heterocycles. The van der Waals surface area contributed by atoms with Crippen molar-refractivity contribution in [1.29, 1.82) is 0 Å². The van der Waals surface area contributed by atoms with Gasteiger partial charge < -0.3 is 14.9 Å². The normalized spacial score (nSPS) is 9.58. The van der Waals surface area contributed by atoms with Crippen LogP contribution in [0.2, 0.25) is 0 Å². The maximum absolute atomic E-state index is 13.6. The summed E-state index contributed by atoms with van der Waals surface area (Å²) in [7, 11) is 0. The Kier molecular flexibility index (Phi) is 3.90. The van der Waals surface area contributed by atoms with Crippen LogP contribution in [0.4, 0.5) is 10.1 Å². The Balaban J connectivity index is 2.17. The minimum atomic E-state index is -0.626. The highest BCUT2D eigenvalue weighted by molar-refractivity contribution is 6.04. The van der Waals surface area contributed by atoms with Crippen molar-refractivity contribution in [2.75, 3.05) is 11.9 Å². The fraction of sp³-hybridized carbons (Fsp3) is 0.0769. The van der Waals surface area contributed by atoms with Gasteiger partial charge in [0.15, 0.2) is 0 Å². The highest BCUT2D eigenvalue weighted by Gasteiger charge is 2.10. The van der Waals surface area contributed by atoms with E-state index in [1.54, 1.807) is 0 Å². The summed E-state index contributed by atoms with van der Waals surface area (Å²) in [6, 6.07) is 3.89. The Hall–Kier alpha value is -2.65. The number of nitrogens with one attached hydrogen (secondary N) is 1. The summed E-state index contributed by atoms with van der Waals surface area (Å²) >= 11 is 0. The molecule has 0 radical (unpaired) electrons. The molecule has 0 aliphatic rings. The van der Waals surface area contributed by atoms with Gasteiger partial charge in [-0.2, -0.15) is 0 Å². The first-order valence-electron chi connectivity index (χ1n) is 5.30. The lowest BCUT2D eigenvalue weighted by molar-refractivity contribution is 0.102. The average Bonchev–Trinajstić information content (AvgIpc) is 2.90. The van der Waals surface area contributed by atoms with Gasteiger partial charge in [-0.25, -0.2) is 4.39 Å². The van der Waals surface area contributed by atoms with E-state index < -0.39 is 11.7 Å². The molecule has 19 heavy (non-hydrogen) atoms. The Morgan fingerprint density at radius 3 is 3.00 bits per heavy atom. The van der Waals surface area contributed by atoms with E-state index in [-0.39, 0.29) is 17.7 Å². The van der Waals surface area contributed by atoms with Crippen molar-refractivity contribution >= 4 is 11.6 Å². The van der Waals surface area contributed by atoms with Gasteiger partial charge in [0.05, 0.1) is 11.8 Å². The zero-order valence-electron chi connectivity index (χ0n) is 9.68. The number of rotatable bonds is 2. The largest absolute Gasteiger partial charge is 0.384 e. The Labute approximate surface area is 108 Å². The van der Waals surface area contributed by atoms with Crippen LogP contribution in [-0.4, -0.2) is 22.8 Å². The Morgan fingerprint density at radius 2 is 2.37 bits per heavy atom. The number of amides is 1. The van der Waals surface area contributed by atoms with Crippen molar-refractivity contribution < 1.29 is 18.8 Å². The Bertz CT molecular complexity index is 642. The van der Waals surface area contributed by atoms with Gasteiger partial charge in [-0.3, -0.25) is 4.79 Å². The van der Waals surface area contributed by atoms with E-state index in [2.05, 4.69) is 26.8 Å². The number of aliphatic hydroxyl groups excluding tert-OH is 1. The van der Waals surface area contributed by atoms with Gasteiger partial charge in [-0.1, -0.05) is 17.0 Å². The second-order valence-electron chi connectivity index (χ2n) is 3.52. The molecule has 2 N–H and O–H groups in total. The molecule has 0 saturated carbocycles. The van der Waals surface area contributed by atoms with Gasteiger partial charge >= 0.3 is 0 Å². The number of nitrogens with zero attached hydrogens (tertiary/aromatic N) is 1. The molecule has 1 heterocycles. The number of anilines is 1. The third-order valence-corrected chi connectivity index (χ3v) is 2.22. The lowest BCUT2D eigenvalue weighted by atomic mass is 10.1. The van der Waals surface area contributed by atoms with Crippen LogP contribution < -0.4 is 5.32 Å². The number of hydrogen-bond acceptors (Lipinski definition) is 4. The van der Waals surface area contributed by atoms with Crippen LogP contribution in [0.1, 0.15) is 15.9 Å². The lowest BCUT2D eigenvalue weighted by Crippen LogP contribution is -2.11. The lowest BCUT2D eigenvalue weighted by Gasteiger charge is -2.02. The number of aliphatic hydroxyl groups is 1. The number of hydrogen-bond donors (Lipinski definition) is 2. The third-order valence-electron chi connectivity index (χ3n) is 2.22. The van der Waals surface area contributed by atoms with Crippen molar-refractivity contribution in [3.05, 3.63) is 47.6 Å². The quantitative estimate of drug-likeness (QED) is 0.800. The molecule has 0 aliphatic carbocycles. The van der Waals surface area contributed by atoms with Crippen molar-refractivity contribution in [3.63, 3.8) is 0 Å². The molecule has 6 heteroatoms. The molecular formula is C13H9FN2O3. The van der Waals surface area contributed by atoms with E-state index >= 15 is 0 Å². The number of aromatic nitrogens is 1. The van der Waals surface area contributed by atoms with Gasteiger partial charge in [0, 0.05) is 5.56 Å². The maximum atomic E-state index is 13.6. The molecular weight excluding hydrogens is 251 g/mol. The predicted octanol–water partition coefficient (Wildman–Crippen LogP) is 1.41. The molecule has 0 saturated heterocycles. The summed E-state index contributed by atoms with van der Waals surface area (Å²) in [6.07, 6.45) is 2.59. The standard InChI is InChI=1S/C13H9FN2O3/c14-12-6-10(4-3-9(12)2-1-5-17)13(18)16-11-7-15-19-8-11/h3-4,6-8,17H,5H2,(H,16,18). The fourth-order valence-electron chi connectivity index (χ4n) is 1.36. The van der Waals surface area contributed by atoms with Crippen LogP contribution in [0.15, 0.2) is 35.2 Å². The number of benzene rings is 1. The molecule has 0 fully saturated rings. The van der Waals surface area contributed by atoms with E-state index in [1.165, 1.54) is 24.6 Å². The predicted molar refractivity (Wildman–Crippen MR) is 64.8 cm³/mol. The molecule has 96 valence electrons. The molecule has 5 nitrogen and oxygen atoms in total. The Morgan fingerprint density at radius 1 is 1.53 bits per heavy atom. The minimum Gasteiger partial charge on any atom is -0.384 e. The highest BCUT2D eigenvalue weighted by atomic mass is 19.1. The molecule has 0 unspecified atom stereocenters. The monoisotopic (exact) mass is 260 g/mol. The van der Waals surface area contributed by atoms with Crippen molar-refractivity contribution in [3.8, 4) is 11.8 Å². The highest BCUT2D eigenvalue weighted by Crippen LogP contribution is 2.12. The SMILES string of the molecule is O=C(Nc1cnoc1)c1ccc(C#CCO)c(F)c1. The topological polar surface area (TPSA) is 75.4 Å². The zero-order valence-corrected chi connectivity index (χ0v) is 9.68. The molecule has 2 aromatic rings. The van der Waals surface area contributed by atoms with Gasteiger partial charge in [0.25, 0.3) is 5.91 Å². The second-order valence-corrected chi connectivity index (χ2v) is 3.52. The van der Waals surface area contributed by atoms with Crippen molar-refractivity contribution in [1.82, 2.24) is 5.16 Å². The first kappa shape index (κ1) is 12.8. The summed E-state index contributed by atoms with van der Waals surface area (Å²) in [4.78, 5) is 11.8. The average molecular weight is 260 g/mol. The van der Waals surface area contributed by atoms with Crippen LogP contribution in [0.25, 0.3) is 0 Å². The summed E-state index contributed by atoms with van der Waals surface area (Å²) in [6.45, 7) is -0.352. The van der Waals surface area contributed by atoms with Gasteiger partial charge in [0.2, 0.25) is 0 Å². The molecule has 0 spiro atoms. The van der Waals surface area contributed by atoms with Crippen molar-refractivity contribution in [2.24, 2.45) is 0 Å². The minimum absolute atomic E-state index is 0.121. The van der Waals surface area contributed by atoms with E-state index in [9.17, 15) is 9.18 Å². The second kappa shape index (κ2) is 5.80. The molecule has 2 rings (SSSR count). The van der Waals surface area contributed by atoms with E-state index in [0.717, 1.165) is 6.07 Å².